The summed E-state index contributed by atoms with van der Waals surface area (Å²) in [6.45, 7) is 3.90. The van der Waals surface area contributed by atoms with Crippen molar-refractivity contribution in [3.8, 4) is 17.6 Å². The Bertz CT molecular complexity index is 742. The third-order valence-corrected chi connectivity index (χ3v) is 5.37. The molecule has 1 aromatic rings. The summed E-state index contributed by atoms with van der Waals surface area (Å²) in [7, 11) is 0. The Labute approximate surface area is 196 Å². The highest BCUT2D eigenvalue weighted by Gasteiger charge is 2.24. The van der Waals surface area contributed by atoms with Crippen LogP contribution in [-0.2, 0) is 16.1 Å². The van der Waals surface area contributed by atoms with Gasteiger partial charge in [-0.1, -0.05) is 75.5 Å². The highest BCUT2D eigenvalue weighted by atomic mass is 35.5. The molecule has 32 heavy (non-hydrogen) atoms. The van der Waals surface area contributed by atoms with Crippen LogP contribution in [0.3, 0.4) is 0 Å². The van der Waals surface area contributed by atoms with Crippen molar-refractivity contribution in [3.05, 3.63) is 28.8 Å². The molecule has 0 saturated carbocycles. The molecule has 0 radical (unpaired) electrons. The van der Waals surface area contributed by atoms with E-state index >= 15 is 0 Å². The van der Waals surface area contributed by atoms with Gasteiger partial charge in [0, 0.05) is 13.0 Å². The fourth-order valence-electron chi connectivity index (χ4n) is 3.18. The van der Waals surface area contributed by atoms with Gasteiger partial charge in [0.25, 0.3) is 0 Å². The first-order chi connectivity index (χ1) is 15.5. The fraction of sp³-hybridized carbons (Fsp3) is 0.600. The van der Waals surface area contributed by atoms with Crippen molar-refractivity contribution in [2.75, 3.05) is 13.2 Å². The average molecular weight is 466 g/mol. The molecule has 1 rings (SSSR count). The van der Waals surface area contributed by atoms with E-state index in [1.807, 2.05) is 18.2 Å². The average Bonchev–Trinajstić information content (AvgIpc) is 2.75. The monoisotopic (exact) mass is 465 g/mol. The lowest BCUT2D eigenvalue weighted by Crippen LogP contribution is -2.23. The van der Waals surface area contributed by atoms with Crippen LogP contribution in [0.25, 0.3) is 0 Å². The molecule has 0 heterocycles. The van der Waals surface area contributed by atoms with Crippen LogP contribution in [0, 0.1) is 17.8 Å². The van der Waals surface area contributed by atoms with Crippen LogP contribution in [0.15, 0.2) is 18.2 Å². The van der Waals surface area contributed by atoms with Gasteiger partial charge >= 0.3 is 11.9 Å². The minimum Gasteiger partial charge on any atom is -0.492 e. The number of nitrogens with one attached hydrogen (secondary N) is 1. The van der Waals surface area contributed by atoms with E-state index in [4.69, 9.17) is 26.6 Å². The van der Waals surface area contributed by atoms with Crippen molar-refractivity contribution in [2.45, 2.75) is 77.7 Å². The van der Waals surface area contributed by atoms with Crippen molar-refractivity contribution in [2.24, 2.45) is 5.92 Å². The lowest BCUT2D eigenvalue weighted by molar-refractivity contribution is -0.154. The van der Waals surface area contributed by atoms with Gasteiger partial charge < -0.3 is 20.3 Å². The molecule has 0 aliphatic heterocycles. The zero-order chi connectivity index (χ0) is 23.6. The van der Waals surface area contributed by atoms with Crippen LogP contribution in [0.1, 0.15) is 76.7 Å². The zero-order valence-corrected chi connectivity index (χ0v) is 19.8. The minimum absolute atomic E-state index is 0.00625. The van der Waals surface area contributed by atoms with E-state index in [1.54, 1.807) is 0 Å². The Morgan fingerprint density at radius 1 is 1.03 bits per heavy atom. The zero-order valence-electron chi connectivity index (χ0n) is 19.0. The molecule has 0 aliphatic carbocycles. The Kier molecular flexibility index (Phi) is 15.1. The summed E-state index contributed by atoms with van der Waals surface area (Å²) in [5.74, 6) is 2.29. The molecule has 0 bridgehead atoms. The minimum atomic E-state index is -1.41. The summed E-state index contributed by atoms with van der Waals surface area (Å²) in [6, 6.07) is 5.71. The normalized spacial score (nSPS) is 10.6. The molecule has 0 aliphatic rings. The largest absolute Gasteiger partial charge is 0.492 e. The van der Waals surface area contributed by atoms with Gasteiger partial charge in [-0.05, 0) is 30.5 Å². The van der Waals surface area contributed by atoms with E-state index in [9.17, 15) is 9.59 Å². The standard InChI is InChI=1S/C25H36ClNO5/c1-2-3-4-5-6-7-8-12-17-32-23-15-14-20(18-22(23)26)19-27-16-11-9-10-13-21(24(28)29)25(30)31/h14-15,18,21,27H,2-8,10,12-13,16-17,19H2,1H3,(H,28,29)(H,30,31). The van der Waals surface area contributed by atoms with E-state index in [0.29, 0.717) is 30.5 Å². The molecule has 3 N–H and O–H groups in total. The molecule has 0 spiro atoms. The van der Waals surface area contributed by atoms with Crippen molar-refractivity contribution < 1.29 is 24.5 Å². The maximum Gasteiger partial charge on any atom is 0.317 e. The van der Waals surface area contributed by atoms with Gasteiger partial charge in [0.15, 0.2) is 5.92 Å². The van der Waals surface area contributed by atoms with Crippen molar-refractivity contribution in [1.82, 2.24) is 5.32 Å². The number of ether oxygens (including phenoxy) is 1. The summed E-state index contributed by atoms with van der Waals surface area (Å²) < 4.78 is 5.80. The van der Waals surface area contributed by atoms with Crippen molar-refractivity contribution in [3.63, 3.8) is 0 Å². The summed E-state index contributed by atoms with van der Waals surface area (Å²) in [6.07, 6.45) is 10.3. The second-order valence-electron chi connectivity index (χ2n) is 7.81. The van der Waals surface area contributed by atoms with E-state index in [2.05, 4.69) is 24.1 Å². The van der Waals surface area contributed by atoms with E-state index < -0.39 is 17.9 Å². The van der Waals surface area contributed by atoms with Gasteiger partial charge in [-0.25, -0.2) is 0 Å². The lowest BCUT2D eigenvalue weighted by atomic mass is 10.0. The maximum absolute atomic E-state index is 10.8. The van der Waals surface area contributed by atoms with Gasteiger partial charge in [-0.3, -0.25) is 9.59 Å². The number of rotatable bonds is 17. The molecule has 6 nitrogen and oxygen atoms in total. The Morgan fingerprint density at radius 3 is 2.31 bits per heavy atom. The third-order valence-electron chi connectivity index (χ3n) is 5.07. The van der Waals surface area contributed by atoms with Crippen LogP contribution in [0.5, 0.6) is 5.75 Å². The highest BCUT2D eigenvalue weighted by molar-refractivity contribution is 6.32. The van der Waals surface area contributed by atoms with Gasteiger partial charge in [0.1, 0.15) is 5.75 Å². The van der Waals surface area contributed by atoms with Crippen LogP contribution in [0.4, 0.5) is 0 Å². The predicted molar refractivity (Wildman–Crippen MR) is 127 cm³/mol. The summed E-state index contributed by atoms with van der Waals surface area (Å²) >= 11 is 6.33. The topological polar surface area (TPSA) is 95.9 Å². The smallest absolute Gasteiger partial charge is 0.317 e. The Hall–Kier alpha value is -2.23. The van der Waals surface area contributed by atoms with Gasteiger partial charge in [-0.15, -0.1) is 5.92 Å². The first-order valence-corrected chi connectivity index (χ1v) is 11.9. The van der Waals surface area contributed by atoms with Gasteiger partial charge in [0.2, 0.25) is 0 Å². The molecule has 0 amide bonds. The molecule has 7 heteroatoms. The first kappa shape index (κ1) is 27.8. The van der Waals surface area contributed by atoms with Crippen LogP contribution >= 0.6 is 11.6 Å². The number of aliphatic carboxylic acids is 2. The van der Waals surface area contributed by atoms with E-state index in [-0.39, 0.29) is 12.8 Å². The number of benzene rings is 1. The molecular weight excluding hydrogens is 430 g/mol. The number of hydrogen-bond donors (Lipinski definition) is 3. The second kappa shape index (κ2) is 17.3. The number of halogens is 1. The SMILES string of the molecule is CCCCCCCCCCOc1ccc(CNCC#CCCC(C(=O)O)C(=O)O)cc1Cl. The number of carbonyl (C=O) groups is 2. The molecule has 0 unspecified atom stereocenters. The summed E-state index contributed by atoms with van der Waals surface area (Å²) in [4.78, 5) is 21.6. The van der Waals surface area contributed by atoms with Crippen molar-refractivity contribution in [1.29, 1.82) is 0 Å². The number of carboxylic acids is 2. The van der Waals surface area contributed by atoms with E-state index in [1.165, 1.54) is 44.9 Å². The number of hydrogen-bond acceptors (Lipinski definition) is 4. The highest BCUT2D eigenvalue weighted by Crippen LogP contribution is 2.25. The fourth-order valence-corrected chi connectivity index (χ4v) is 3.44. The number of unbranched alkanes of at least 4 members (excludes halogenated alkanes) is 7. The van der Waals surface area contributed by atoms with Crippen LogP contribution < -0.4 is 10.1 Å². The summed E-state index contributed by atoms with van der Waals surface area (Å²) in [5.41, 5.74) is 1.01. The predicted octanol–water partition coefficient (Wildman–Crippen LogP) is 5.52. The molecule has 178 valence electrons. The van der Waals surface area contributed by atoms with Crippen LogP contribution in [0.2, 0.25) is 5.02 Å². The molecule has 0 saturated heterocycles. The van der Waals surface area contributed by atoms with Gasteiger partial charge in [-0.2, -0.15) is 0 Å². The Morgan fingerprint density at radius 2 is 1.69 bits per heavy atom. The van der Waals surface area contributed by atoms with Crippen LogP contribution in [-0.4, -0.2) is 35.3 Å². The third kappa shape index (κ3) is 12.6. The summed E-state index contributed by atoms with van der Waals surface area (Å²) in [5, 5.41) is 21.4. The van der Waals surface area contributed by atoms with Gasteiger partial charge in [0.05, 0.1) is 18.2 Å². The molecule has 0 aromatic heterocycles. The molecule has 1 aromatic carbocycles. The maximum atomic E-state index is 10.8. The second-order valence-corrected chi connectivity index (χ2v) is 8.22. The van der Waals surface area contributed by atoms with E-state index in [0.717, 1.165) is 12.0 Å². The quantitative estimate of drug-likeness (QED) is 0.159. The molecule has 0 atom stereocenters. The first-order valence-electron chi connectivity index (χ1n) is 11.5. The molecular formula is C25H36ClNO5. The van der Waals surface area contributed by atoms with Crippen molar-refractivity contribution >= 4 is 23.5 Å². The number of carboxylic acid groups (broad SMARTS) is 2. The Balaban J connectivity index is 2.20. The lowest BCUT2D eigenvalue weighted by Gasteiger charge is -2.10. The molecule has 0 fully saturated rings.